The standard InChI is InChI=1S/C60H104O5/c1-12-13-20-53(64-54-35-43(61)33-41-21-23-45-49-27-25-47(39(6)18-14-16-37(2)3)57(49,8)31-29-51(45)59(41,54)10)56(63)65-55-36-44(62)34-42-22-24-46-50-28-26-48(40(7)19-15-17-38(4)5)58(50,9)32-30-52(46)60(42,55)11/h37-55,61-62H,12-36H2,1-11H3/t39-,40-,41-,42-,43+,44+,45-,46-,47-,48-,49+,50+,51+,52+,53?,54?,55?,57-,58-,59+,60+/m1/s1. The van der Waals surface area contributed by atoms with E-state index in [9.17, 15) is 10.2 Å². The normalized spacial score (nSPS) is 47.2. The van der Waals surface area contributed by atoms with Crippen molar-refractivity contribution in [3.8, 4) is 0 Å². The highest BCUT2D eigenvalue weighted by Gasteiger charge is 2.66. The van der Waals surface area contributed by atoms with E-state index in [-0.39, 0.29) is 35.1 Å². The van der Waals surface area contributed by atoms with Gasteiger partial charge in [0.05, 0.1) is 18.3 Å². The van der Waals surface area contributed by atoms with E-state index in [4.69, 9.17) is 9.47 Å². The third-order valence-electron chi connectivity index (χ3n) is 23.5. The molecule has 3 unspecified atom stereocenters. The lowest BCUT2D eigenvalue weighted by Gasteiger charge is -2.63. The minimum atomic E-state index is -0.623. The molecule has 5 nitrogen and oxygen atoms in total. The van der Waals surface area contributed by atoms with Crippen LogP contribution in [0.2, 0.25) is 0 Å². The van der Waals surface area contributed by atoms with Gasteiger partial charge in [-0.3, -0.25) is 0 Å². The maximum atomic E-state index is 15.1. The topological polar surface area (TPSA) is 76.0 Å². The molecule has 8 rings (SSSR count). The Hall–Kier alpha value is -0.650. The largest absolute Gasteiger partial charge is 0.460 e. The molecule has 0 amide bonds. The van der Waals surface area contributed by atoms with E-state index in [0.29, 0.717) is 65.6 Å². The van der Waals surface area contributed by atoms with E-state index in [2.05, 4.69) is 76.2 Å². The molecule has 0 spiro atoms. The maximum absolute atomic E-state index is 15.1. The fraction of sp³-hybridized carbons (Fsp3) is 0.983. The van der Waals surface area contributed by atoms with Gasteiger partial charge < -0.3 is 19.7 Å². The second-order valence-electron chi connectivity index (χ2n) is 27.5. The summed E-state index contributed by atoms with van der Waals surface area (Å²) in [6.07, 6.45) is 27.4. The predicted octanol–water partition coefficient (Wildman–Crippen LogP) is 15.0. The maximum Gasteiger partial charge on any atom is 0.335 e. The number of unbranched alkanes of at least 4 members (excludes halogenated alkanes) is 1. The number of fused-ring (bicyclic) bond motifs is 10. The summed E-state index contributed by atoms with van der Waals surface area (Å²) in [5, 5.41) is 23.1. The van der Waals surface area contributed by atoms with Gasteiger partial charge >= 0.3 is 5.97 Å². The summed E-state index contributed by atoms with van der Waals surface area (Å²) in [5.74, 6) is 9.53. The number of rotatable bonds is 17. The Morgan fingerprint density at radius 2 is 1.00 bits per heavy atom. The second kappa shape index (κ2) is 20.2. The quantitative estimate of drug-likeness (QED) is 0.142. The zero-order valence-electron chi connectivity index (χ0n) is 44.3. The van der Waals surface area contributed by atoms with Crippen molar-refractivity contribution < 1.29 is 24.5 Å². The zero-order chi connectivity index (χ0) is 46.6. The highest BCUT2D eigenvalue weighted by Crippen LogP contribution is 2.71. The van der Waals surface area contributed by atoms with E-state index < -0.39 is 12.2 Å². The van der Waals surface area contributed by atoms with Crippen molar-refractivity contribution in [1.82, 2.24) is 0 Å². The summed E-state index contributed by atoms with van der Waals surface area (Å²) in [4.78, 5) is 15.1. The van der Waals surface area contributed by atoms with Crippen LogP contribution in [-0.2, 0) is 14.3 Å². The Morgan fingerprint density at radius 1 is 0.538 bits per heavy atom. The van der Waals surface area contributed by atoms with Gasteiger partial charge in [0, 0.05) is 18.3 Å². The molecule has 8 aliphatic carbocycles. The van der Waals surface area contributed by atoms with Crippen molar-refractivity contribution in [2.24, 2.45) is 105 Å². The molecule has 8 fully saturated rings. The van der Waals surface area contributed by atoms with Gasteiger partial charge in [-0.1, -0.05) is 128 Å². The summed E-state index contributed by atoms with van der Waals surface area (Å²) in [6, 6.07) is 0. The first-order valence-corrected chi connectivity index (χ1v) is 29.1. The molecule has 374 valence electrons. The van der Waals surface area contributed by atoms with E-state index in [1.54, 1.807) is 0 Å². The summed E-state index contributed by atoms with van der Waals surface area (Å²) in [5.41, 5.74) is 0.672. The summed E-state index contributed by atoms with van der Waals surface area (Å²) >= 11 is 0. The Labute approximate surface area is 400 Å². The average molecular weight is 905 g/mol. The van der Waals surface area contributed by atoms with E-state index in [1.165, 1.54) is 109 Å². The Kier molecular flexibility index (Phi) is 15.8. The van der Waals surface area contributed by atoms with Gasteiger partial charge in [-0.25, -0.2) is 4.79 Å². The average Bonchev–Trinajstić information content (AvgIpc) is 3.79. The highest BCUT2D eigenvalue weighted by molar-refractivity contribution is 5.75. The Bertz CT molecular complexity index is 1580. The van der Waals surface area contributed by atoms with Crippen LogP contribution in [0.4, 0.5) is 0 Å². The molecule has 0 aromatic heterocycles. The van der Waals surface area contributed by atoms with Gasteiger partial charge in [-0.05, 0) is 195 Å². The smallest absolute Gasteiger partial charge is 0.335 e. The molecule has 0 saturated heterocycles. The number of aliphatic hydroxyl groups excluding tert-OH is 2. The number of carbonyl (C=O) groups excluding carboxylic acids is 1. The fourth-order valence-corrected chi connectivity index (χ4v) is 20.0. The van der Waals surface area contributed by atoms with Gasteiger partial charge in [-0.15, -0.1) is 0 Å². The van der Waals surface area contributed by atoms with Crippen LogP contribution in [0.15, 0.2) is 0 Å². The van der Waals surface area contributed by atoms with Crippen LogP contribution in [0, 0.1) is 105 Å². The molecular formula is C60H104O5. The Morgan fingerprint density at radius 3 is 1.46 bits per heavy atom. The predicted molar refractivity (Wildman–Crippen MR) is 267 cm³/mol. The summed E-state index contributed by atoms with van der Waals surface area (Å²) in [7, 11) is 0. The van der Waals surface area contributed by atoms with Crippen LogP contribution in [0.25, 0.3) is 0 Å². The number of ether oxygens (including phenoxy) is 2. The van der Waals surface area contributed by atoms with Gasteiger partial charge in [0.2, 0.25) is 0 Å². The molecule has 8 saturated carbocycles. The van der Waals surface area contributed by atoms with E-state index >= 15 is 4.79 Å². The van der Waals surface area contributed by atoms with Crippen LogP contribution >= 0.6 is 0 Å². The summed E-state index contributed by atoms with van der Waals surface area (Å²) < 4.78 is 14.4. The minimum absolute atomic E-state index is 0.0519. The van der Waals surface area contributed by atoms with Crippen LogP contribution in [0.3, 0.4) is 0 Å². The van der Waals surface area contributed by atoms with Gasteiger partial charge in [0.15, 0.2) is 6.10 Å². The van der Waals surface area contributed by atoms with Crippen molar-refractivity contribution >= 4 is 5.97 Å². The van der Waals surface area contributed by atoms with Crippen molar-refractivity contribution in [2.75, 3.05) is 0 Å². The molecule has 5 heteroatoms. The van der Waals surface area contributed by atoms with Gasteiger partial charge in [0.25, 0.3) is 0 Å². The molecule has 0 bridgehead atoms. The molecule has 0 aliphatic heterocycles. The van der Waals surface area contributed by atoms with Crippen LogP contribution < -0.4 is 0 Å². The molecule has 0 aromatic carbocycles. The first-order valence-electron chi connectivity index (χ1n) is 29.1. The highest BCUT2D eigenvalue weighted by atomic mass is 16.6. The number of hydrogen-bond acceptors (Lipinski definition) is 5. The fourth-order valence-electron chi connectivity index (χ4n) is 20.0. The lowest BCUT2D eigenvalue weighted by atomic mass is 9.43. The zero-order valence-corrected chi connectivity index (χ0v) is 44.3. The molecule has 21 atom stereocenters. The Balaban J connectivity index is 0.989. The van der Waals surface area contributed by atoms with Crippen molar-refractivity contribution in [3.05, 3.63) is 0 Å². The lowest BCUT2D eigenvalue weighted by molar-refractivity contribution is -0.230. The molecular weight excluding hydrogens is 801 g/mol. The van der Waals surface area contributed by atoms with E-state index in [1.807, 2.05) is 0 Å². The number of hydrogen-bond donors (Lipinski definition) is 2. The molecule has 8 aliphatic rings. The number of aliphatic hydroxyl groups is 2. The molecule has 0 heterocycles. The van der Waals surface area contributed by atoms with Crippen molar-refractivity contribution in [3.63, 3.8) is 0 Å². The number of carbonyl (C=O) groups is 1. The first kappa shape index (κ1) is 50.7. The monoisotopic (exact) mass is 905 g/mol. The third kappa shape index (κ3) is 9.39. The van der Waals surface area contributed by atoms with Gasteiger partial charge in [0.1, 0.15) is 6.10 Å². The first-order chi connectivity index (χ1) is 30.9. The second-order valence-corrected chi connectivity index (χ2v) is 27.5. The van der Waals surface area contributed by atoms with Crippen LogP contribution in [-0.4, -0.2) is 46.7 Å². The van der Waals surface area contributed by atoms with Crippen molar-refractivity contribution in [2.45, 2.75) is 267 Å². The van der Waals surface area contributed by atoms with Crippen molar-refractivity contribution in [1.29, 1.82) is 0 Å². The van der Waals surface area contributed by atoms with E-state index in [0.717, 1.165) is 79.4 Å². The molecule has 2 N–H and O–H groups in total. The SMILES string of the molecule is CCCCC(OC1C[C@@H](O)C[C@H]2CC[C@@H]3[C@@H]4CC[C@H]([C@H](C)CCCC(C)C)[C@@]4(C)CC[C@@H]3[C@@]12C)C(=O)OC1C[C@@H](O)C[C@H]2CC[C@@H]3[C@@H]4CC[C@H]([C@H](C)CCCC(C)C)[C@@]4(C)CC[C@@H]3[C@@]12C. The third-order valence-corrected chi connectivity index (χ3v) is 23.5. The minimum Gasteiger partial charge on any atom is -0.460 e. The molecule has 0 aromatic rings. The van der Waals surface area contributed by atoms with Crippen LogP contribution in [0.5, 0.6) is 0 Å². The summed E-state index contributed by atoms with van der Waals surface area (Å²) in [6.45, 7) is 27.3. The lowest BCUT2D eigenvalue weighted by Crippen LogP contribution is -2.61. The number of esters is 1. The molecule has 65 heavy (non-hydrogen) atoms. The van der Waals surface area contributed by atoms with Gasteiger partial charge in [-0.2, -0.15) is 0 Å². The van der Waals surface area contributed by atoms with Crippen LogP contribution in [0.1, 0.15) is 237 Å². The molecule has 0 radical (unpaired) electrons.